The van der Waals surface area contributed by atoms with Gasteiger partial charge in [-0.3, -0.25) is 14.6 Å². The van der Waals surface area contributed by atoms with Gasteiger partial charge in [-0.05, 0) is 24.8 Å². The molecule has 1 atom stereocenters. The minimum Gasteiger partial charge on any atom is -0.343 e. The molecule has 154 valence electrons. The van der Waals surface area contributed by atoms with Crippen LogP contribution in [0.3, 0.4) is 0 Å². The summed E-state index contributed by atoms with van der Waals surface area (Å²) in [5.74, 6) is -3.78. The van der Waals surface area contributed by atoms with Crippen LogP contribution in [-0.4, -0.2) is 46.8 Å². The second-order valence-corrected chi connectivity index (χ2v) is 7.63. The van der Waals surface area contributed by atoms with Crippen LogP contribution in [0.4, 0.5) is 8.78 Å². The molecule has 3 rings (SSSR count). The van der Waals surface area contributed by atoms with Crippen LogP contribution in [0.2, 0.25) is 0 Å². The maximum Gasteiger partial charge on any atom is 0.268 e. The fourth-order valence-electron chi connectivity index (χ4n) is 3.86. The number of hydrogen-bond acceptors (Lipinski definition) is 4. The Hall–Kier alpha value is -2.82. The summed E-state index contributed by atoms with van der Waals surface area (Å²) >= 11 is 0. The molecule has 0 bridgehead atoms. The zero-order chi connectivity index (χ0) is 20.9. The third kappa shape index (κ3) is 5.37. The van der Waals surface area contributed by atoms with Gasteiger partial charge in [0.2, 0.25) is 5.91 Å². The standard InChI is InChI=1S/C21H24F2N4O2/c22-21(23)10-17(11-24)27(14-21)19(28)13-26-20(29)18-8-9-25-12-16(18)7-6-15-4-2-1-3-5-15/h6-9,12,15,17H,1-5,10,13-14H2,(H,26,29)/b7-6+. The Morgan fingerprint density at radius 1 is 1.34 bits per heavy atom. The van der Waals surface area contributed by atoms with E-state index in [1.165, 1.54) is 25.5 Å². The molecular formula is C21H24F2N4O2. The molecule has 2 heterocycles. The van der Waals surface area contributed by atoms with Crippen LogP contribution in [0.1, 0.15) is 54.4 Å². The van der Waals surface area contributed by atoms with Gasteiger partial charge in [0.25, 0.3) is 11.8 Å². The van der Waals surface area contributed by atoms with Crippen molar-refractivity contribution in [3.63, 3.8) is 0 Å². The van der Waals surface area contributed by atoms with Crippen molar-refractivity contribution in [3.8, 4) is 6.07 Å². The molecule has 1 unspecified atom stereocenters. The lowest BCUT2D eigenvalue weighted by Gasteiger charge is -2.19. The molecule has 0 aromatic carbocycles. The Kier molecular flexibility index (Phi) is 6.57. The lowest BCUT2D eigenvalue weighted by molar-refractivity contribution is -0.131. The first-order valence-corrected chi connectivity index (χ1v) is 9.87. The van der Waals surface area contributed by atoms with Crippen molar-refractivity contribution >= 4 is 17.9 Å². The van der Waals surface area contributed by atoms with E-state index in [-0.39, 0.29) is 0 Å². The number of hydrogen-bond donors (Lipinski definition) is 1. The summed E-state index contributed by atoms with van der Waals surface area (Å²) in [5.41, 5.74) is 1.01. The molecule has 6 nitrogen and oxygen atoms in total. The third-order valence-electron chi connectivity index (χ3n) is 5.43. The molecule has 2 aliphatic rings. The Balaban J connectivity index is 1.62. The molecule has 1 aromatic heterocycles. The molecular weight excluding hydrogens is 378 g/mol. The van der Waals surface area contributed by atoms with Crippen molar-refractivity contribution in [1.29, 1.82) is 5.26 Å². The lowest BCUT2D eigenvalue weighted by atomic mass is 9.88. The number of pyridine rings is 1. The molecule has 1 saturated heterocycles. The highest BCUT2D eigenvalue weighted by Gasteiger charge is 2.47. The summed E-state index contributed by atoms with van der Waals surface area (Å²) in [7, 11) is 0. The number of nitrogens with one attached hydrogen (secondary N) is 1. The SMILES string of the molecule is N#CC1CC(F)(F)CN1C(=O)CNC(=O)c1ccncc1/C=C/C1CCCCC1. The molecule has 29 heavy (non-hydrogen) atoms. The molecule has 1 saturated carbocycles. The van der Waals surface area contributed by atoms with Crippen LogP contribution in [-0.2, 0) is 4.79 Å². The monoisotopic (exact) mass is 402 g/mol. The van der Waals surface area contributed by atoms with E-state index in [9.17, 15) is 18.4 Å². The van der Waals surface area contributed by atoms with E-state index in [0.717, 1.165) is 17.7 Å². The number of nitrogens with zero attached hydrogens (tertiary/aromatic N) is 3. The molecule has 1 aliphatic carbocycles. The van der Waals surface area contributed by atoms with Gasteiger partial charge in [0, 0.05) is 29.9 Å². The number of amides is 2. The van der Waals surface area contributed by atoms with E-state index in [4.69, 9.17) is 5.26 Å². The van der Waals surface area contributed by atoms with E-state index in [0.29, 0.717) is 17.0 Å². The summed E-state index contributed by atoms with van der Waals surface area (Å²) in [6.07, 6.45) is 12.3. The van der Waals surface area contributed by atoms with Gasteiger partial charge in [-0.2, -0.15) is 5.26 Å². The highest BCUT2D eigenvalue weighted by molar-refractivity contribution is 5.99. The van der Waals surface area contributed by atoms with Gasteiger partial charge in [0.1, 0.15) is 6.04 Å². The molecule has 0 spiro atoms. The van der Waals surface area contributed by atoms with Crippen molar-refractivity contribution in [2.75, 3.05) is 13.1 Å². The van der Waals surface area contributed by atoms with Crippen molar-refractivity contribution in [2.45, 2.75) is 50.5 Å². The predicted octanol–water partition coefficient (Wildman–Crippen LogP) is 3.16. The number of rotatable bonds is 5. The van der Waals surface area contributed by atoms with E-state index in [2.05, 4.69) is 16.4 Å². The fourth-order valence-corrected chi connectivity index (χ4v) is 3.86. The van der Waals surface area contributed by atoms with Crippen molar-refractivity contribution in [1.82, 2.24) is 15.2 Å². The van der Waals surface area contributed by atoms with Crippen LogP contribution in [0.25, 0.3) is 6.08 Å². The largest absolute Gasteiger partial charge is 0.343 e. The van der Waals surface area contributed by atoms with Crippen LogP contribution in [0.15, 0.2) is 24.5 Å². The number of carbonyl (C=O) groups excluding carboxylic acids is 2. The summed E-state index contributed by atoms with van der Waals surface area (Å²) in [5, 5.41) is 11.5. The van der Waals surface area contributed by atoms with Crippen LogP contribution in [0.5, 0.6) is 0 Å². The summed E-state index contributed by atoms with van der Waals surface area (Å²) in [4.78, 5) is 29.7. The maximum atomic E-state index is 13.5. The minimum absolute atomic E-state index is 0.364. The molecule has 1 N–H and O–H groups in total. The number of halogens is 2. The van der Waals surface area contributed by atoms with Crippen LogP contribution < -0.4 is 5.32 Å². The van der Waals surface area contributed by atoms with E-state index in [1.807, 2.05) is 6.08 Å². The third-order valence-corrected chi connectivity index (χ3v) is 5.43. The Morgan fingerprint density at radius 2 is 2.10 bits per heavy atom. The summed E-state index contributed by atoms with van der Waals surface area (Å²) in [6.45, 7) is -1.24. The lowest BCUT2D eigenvalue weighted by Crippen LogP contribution is -2.43. The van der Waals surface area contributed by atoms with E-state index < -0.39 is 43.3 Å². The first-order valence-electron chi connectivity index (χ1n) is 9.87. The van der Waals surface area contributed by atoms with Gasteiger partial charge >= 0.3 is 0 Å². The Morgan fingerprint density at radius 3 is 2.83 bits per heavy atom. The zero-order valence-electron chi connectivity index (χ0n) is 16.1. The highest BCUT2D eigenvalue weighted by atomic mass is 19.3. The summed E-state index contributed by atoms with van der Waals surface area (Å²) < 4.78 is 27.0. The normalized spacial score (nSPS) is 21.8. The number of likely N-dealkylation sites (tertiary alicyclic amines) is 1. The topological polar surface area (TPSA) is 86.1 Å². The van der Waals surface area contributed by atoms with E-state index >= 15 is 0 Å². The molecule has 2 fully saturated rings. The molecule has 8 heteroatoms. The highest BCUT2D eigenvalue weighted by Crippen LogP contribution is 2.31. The second-order valence-electron chi connectivity index (χ2n) is 7.63. The molecule has 0 radical (unpaired) electrons. The number of allylic oxidation sites excluding steroid dienone is 1. The Labute approximate surface area is 168 Å². The quantitative estimate of drug-likeness (QED) is 0.820. The number of carbonyl (C=O) groups is 2. The Bertz CT molecular complexity index is 828. The van der Waals surface area contributed by atoms with Crippen molar-refractivity contribution in [3.05, 3.63) is 35.7 Å². The van der Waals surface area contributed by atoms with Gasteiger partial charge in [-0.25, -0.2) is 8.78 Å². The number of aromatic nitrogens is 1. The smallest absolute Gasteiger partial charge is 0.268 e. The molecule has 1 aliphatic heterocycles. The van der Waals surface area contributed by atoms with Gasteiger partial charge < -0.3 is 10.2 Å². The molecule has 2 amide bonds. The average Bonchev–Trinajstić information content (AvgIpc) is 3.06. The average molecular weight is 402 g/mol. The number of nitriles is 1. The van der Waals surface area contributed by atoms with Gasteiger partial charge in [-0.15, -0.1) is 0 Å². The fraction of sp³-hybridized carbons (Fsp3) is 0.524. The van der Waals surface area contributed by atoms with Gasteiger partial charge in [-0.1, -0.05) is 31.4 Å². The van der Waals surface area contributed by atoms with Crippen molar-refractivity contribution in [2.24, 2.45) is 5.92 Å². The first-order chi connectivity index (χ1) is 13.9. The molecule has 1 aromatic rings. The minimum atomic E-state index is -3.08. The van der Waals surface area contributed by atoms with Crippen LogP contribution in [0, 0.1) is 17.2 Å². The van der Waals surface area contributed by atoms with Crippen molar-refractivity contribution < 1.29 is 18.4 Å². The maximum absolute atomic E-state index is 13.5. The second kappa shape index (κ2) is 9.12. The van der Waals surface area contributed by atoms with Crippen LogP contribution >= 0.6 is 0 Å². The van der Waals surface area contributed by atoms with Gasteiger partial charge in [0.05, 0.1) is 19.2 Å². The first kappa shape index (κ1) is 20.9. The number of alkyl halides is 2. The van der Waals surface area contributed by atoms with E-state index in [1.54, 1.807) is 18.3 Å². The van der Waals surface area contributed by atoms with Gasteiger partial charge in [0.15, 0.2) is 0 Å². The summed E-state index contributed by atoms with van der Waals surface area (Å²) in [6, 6.07) is 2.10. The zero-order valence-corrected chi connectivity index (χ0v) is 16.1. The predicted molar refractivity (Wildman–Crippen MR) is 103 cm³/mol.